The molecule has 2 saturated heterocycles. The molecule has 0 aromatic heterocycles. The van der Waals surface area contributed by atoms with Crippen LogP contribution in [-0.4, -0.2) is 50.3 Å². The smallest absolute Gasteiger partial charge is 0.0673 e. The van der Waals surface area contributed by atoms with Gasteiger partial charge in [0.15, 0.2) is 0 Å². The van der Waals surface area contributed by atoms with Gasteiger partial charge in [0.2, 0.25) is 0 Å². The van der Waals surface area contributed by atoms with Gasteiger partial charge in [-0.15, -0.1) is 0 Å². The molecule has 2 unspecified atom stereocenters. The standard InChI is InChI=1S/C16H28N2O/c1-19-12-13-4-7-18(8-5-13)9-6-14-10-15-2-3-16(11-14)17-15/h4,14-17H,2-3,5-12H2,1H3. The fourth-order valence-corrected chi connectivity index (χ4v) is 4.05. The van der Waals surface area contributed by atoms with E-state index in [9.17, 15) is 0 Å². The maximum absolute atomic E-state index is 5.21. The summed E-state index contributed by atoms with van der Waals surface area (Å²) >= 11 is 0. The van der Waals surface area contributed by atoms with Crippen LogP contribution >= 0.6 is 0 Å². The highest BCUT2D eigenvalue weighted by atomic mass is 16.5. The van der Waals surface area contributed by atoms with Crippen molar-refractivity contribution in [1.29, 1.82) is 0 Å². The summed E-state index contributed by atoms with van der Waals surface area (Å²) in [5, 5.41) is 3.74. The van der Waals surface area contributed by atoms with Crippen molar-refractivity contribution in [2.45, 2.75) is 50.6 Å². The van der Waals surface area contributed by atoms with Crippen molar-refractivity contribution in [3.05, 3.63) is 11.6 Å². The molecule has 3 aliphatic heterocycles. The molecule has 0 aliphatic carbocycles. The van der Waals surface area contributed by atoms with Gasteiger partial charge in [0.1, 0.15) is 0 Å². The Bertz CT molecular complexity index is 317. The van der Waals surface area contributed by atoms with Gasteiger partial charge in [0.25, 0.3) is 0 Å². The van der Waals surface area contributed by atoms with Crippen molar-refractivity contribution < 1.29 is 4.74 Å². The Morgan fingerprint density at radius 1 is 1.32 bits per heavy atom. The van der Waals surface area contributed by atoms with E-state index in [1.54, 1.807) is 7.11 Å². The largest absolute Gasteiger partial charge is 0.380 e. The van der Waals surface area contributed by atoms with Gasteiger partial charge in [-0.2, -0.15) is 0 Å². The minimum atomic E-state index is 0.825. The molecule has 2 atom stereocenters. The van der Waals surface area contributed by atoms with Crippen molar-refractivity contribution in [3.8, 4) is 0 Å². The van der Waals surface area contributed by atoms with Crippen LogP contribution < -0.4 is 5.32 Å². The van der Waals surface area contributed by atoms with Gasteiger partial charge < -0.3 is 10.1 Å². The SMILES string of the molecule is COCC1=CCN(CCC2CC3CCC(C2)N3)CC1. The van der Waals surface area contributed by atoms with Crippen LogP contribution in [0.1, 0.15) is 38.5 Å². The molecule has 0 radical (unpaired) electrons. The molecule has 3 aliphatic rings. The van der Waals surface area contributed by atoms with Gasteiger partial charge in [0, 0.05) is 32.3 Å². The summed E-state index contributed by atoms with van der Waals surface area (Å²) in [7, 11) is 1.79. The highest BCUT2D eigenvalue weighted by Gasteiger charge is 2.33. The third-order valence-electron chi connectivity index (χ3n) is 5.14. The zero-order chi connectivity index (χ0) is 13.1. The zero-order valence-electron chi connectivity index (χ0n) is 12.2. The summed E-state index contributed by atoms with van der Waals surface area (Å²) in [6, 6.07) is 1.69. The zero-order valence-corrected chi connectivity index (χ0v) is 12.2. The monoisotopic (exact) mass is 264 g/mol. The second-order valence-corrected chi connectivity index (χ2v) is 6.61. The minimum absolute atomic E-state index is 0.825. The number of nitrogens with one attached hydrogen (secondary N) is 1. The Kier molecular flexibility index (Phi) is 4.57. The Labute approximate surface area is 117 Å². The van der Waals surface area contributed by atoms with E-state index in [2.05, 4.69) is 16.3 Å². The molecule has 0 amide bonds. The lowest BCUT2D eigenvalue weighted by Gasteiger charge is -2.32. The fraction of sp³-hybridized carbons (Fsp3) is 0.875. The number of fused-ring (bicyclic) bond motifs is 2. The van der Waals surface area contributed by atoms with Crippen LogP contribution in [0.4, 0.5) is 0 Å². The Hall–Kier alpha value is -0.380. The van der Waals surface area contributed by atoms with E-state index in [0.29, 0.717) is 0 Å². The fourth-order valence-electron chi connectivity index (χ4n) is 4.05. The van der Waals surface area contributed by atoms with Crippen molar-refractivity contribution in [1.82, 2.24) is 10.2 Å². The summed E-state index contributed by atoms with van der Waals surface area (Å²) in [6.45, 7) is 4.48. The quantitative estimate of drug-likeness (QED) is 0.770. The Morgan fingerprint density at radius 3 is 2.74 bits per heavy atom. The molecule has 3 nitrogen and oxygen atoms in total. The second kappa shape index (κ2) is 6.38. The molecule has 108 valence electrons. The molecule has 3 heteroatoms. The number of ether oxygens (including phenoxy) is 1. The molecule has 1 N–H and O–H groups in total. The van der Waals surface area contributed by atoms with E-state index >= 15 is 0 Å². The van der Waals surface area contributed by atoms with Crippen LogP contribution in [0.15, 0.2) is 11.6 Å². The number of hydrogen-bond acceptors (Lipinski definition) is 3. The van der Waals surface area contributed by atoms with Gasteiger partial charge in [-0.05, 0) is 56.6 Å². The number of methoxy groups -OCH3 is 1. The lowest BCUT2D eigenvalue weighted by Crippen LogP contribution is -2.39. The van der Waals surface area contributed by atoms with Crippen molar-refractivity contribution in [2.75, 3.05) is 33.4 Å². The molecule has 0 spiro atoms. The topological polar surface area (TPSA) is 24.5 Å². The second-order valence-electron chi connectivity index (χ2n) is 6.61. The summed E-state index contributed by atoms with van der Waals surface area (Å²) in [6.07, 6.45) is 10.7. The number of piperidine rings is 1. The van der Waals surface area contributed by atoms with Crippen molar-refractivity contribution >= 4 is 0 Å². The molecule has 2 fully saturated rings. The Morgan fingerprint density at radius 2 is 2.11 bits per heavy atom. The summed E-state index contributed by atoms with van der Waals surface area (Å²) in [5.41, 5.74) is 1.48. The van der Waals surface area contributed by atoms with E-state index in [0.717, 1.165) is 31.2 Å². The first-order chi connectivity index (χ1) is 9.33. The molecule has 2 bridgehead atoms. The molecule has 3 rings (SSSR count). The van der Waals surface area contributed by atoms with Crippen molar-refractivity contribution in [2.24, 2.45) is 5.92 Å². The maximum Gasteiger partial charge on any atom is 0.0673 e. The van der Waals surface area contributed by atoms with Gasteiger partial charge in [-0.25, -0.2) is 0 Å². The van der Waals surface area contributed by atoms with Crippen LogP contribution in [-0.2, 0) is 4.74 Å². The van der Waals surface area contributed by atoms with Crippen LogP contribution in [0, 0.1) is 5.92 Å². The Balaban J connectivity index is 1.39. The van der Waals surface area contributed by atoms with E-state index < -0.39 is 0 Å². The lowest BCUT2D eigenvalue weighted by molar-refractivity contribution is 0.202. The van der Waals surface area contributed by atoms with E-state index in [-0.39, 0.29) is 0 Å². The number of nitrogens with zero attached hydrogens (tertiary/aromatic N) is 1. The van der Waals surface area contributed by atoms with Crippen molar-refractivity contribution in [3.63, 3.8) is 0 Å². The lowest BCUT2D eigenvalue weighted by atomic mass is 9.89. The molecule has 3 heterocycles. The van der Waals surface area contributed by atoms with Crippen LogP contribution in [0.3, 0.4) is 0 Å². The molecule has 19 heavy (non-hydrogen) atoms. The normalized spacial score (nSPS) is 35.4. The van der Waals surface area contributed by atoms with Gasteiger partial charge in [-0.1, -0.05) is 6.08 Å². The minimum Gasteiger partial charge on any atom is -0.380 e. The molecule has 0 aromatic rings. The molecule has 0 saturated carbocycles. The number of hydrogen-bond donors (Lipinski definition) is 1. The highest BCUT2D eigenvalue weighted by Crippen LogP contribution is 2.32. The van der Waals surface area contributed by atoms with E-state index in [1.807, 2.05) is 0 Å². The first kappa shape index (κ1) is 13.6. The highest BCUT2D eigenvalue weighted by molar-refractivity contribution is 5.07. The predicted octanol–water partition coefficient (Wildman–Crippen LogP) is 2.19. The summed E-state index contributed by atoms with van der Waals surface area (Å²) < 4.78 is 5.21. The first-order valence-corrected chi connectivity index (χ1v) is 7.98. The van der Waals surface area contributed by atoms with Gasteiger partial charge in [0.05, 0.1) is 6.61 Å². The van der Waals surface area contributed by atoms with E-state index in [4.69, 9.17) is 4.74 Å². The van der Waals surface area contributed by atoms with E-state index in [1.165, 1.54) is 57.2 Å². The number of rotatable bonds is 5. The van der Waals surface area contributed by atoms with Crippen LogP contribution in [0.5, 0.6) is 0 Å². The van der Waals surface area contributed by atoms with Gasteiger partial charge >= 0.3 is 0 Å². The predicted molar refractivity (Wildman–Crippen MR) is 78.3 cm³/mol. The average molecular weight is 264 g/mol. The summed E-state index contributed by atoms with van der Waals surface area (Å²) in [5.74, 6) is 0.975. The average Bonchev–Trinajstić information content (AvgIpc) is 2.77. The third-order valence-corrected chi connectivity index (χ3v) is 5.14. The van der Waals surface area contributed by atoms with Crippen LogP contribution in [0.2, 0.25) is 0 Å². The third kappa shape index (κ3) is 3.59. The molecular formula is C16H28N2O. The summed E-state index contributed by atoms with van der Waals surface area (Å²) in [4.78, 5) is 2.61. The van der Waals surface area contributed by atoms with Crippen LogP contribution in [0.25, 0.3) is 0 Å². The first-order valence-electron chi connectivity index (χ1n) is 7.98. The molecular weight excluding hydrogens is 236 g/mol. The maximum atomic E-state index is 5.21. The molecule has 0 aromatic carbocycles. The van der Waals surface area contributed by atoms with Gasteiger partial charge in [-0.3, -0.25) is 4.90 Å².